The van der Waals surface area contributed by atoms with Crippen LogP contribution in [0.15, 0.2) is 72.9 Å². The molecule has 6 aromatic rings. The molecule has 3 aromatic heterocycles. The van der Waals surface area contributed by atoms with Crippen molar-refractivity contribution in [3.63, 3.8) is 0 Å². The average molecular weight is 460 g/mol. The van der Waals surface area contributed by atoms with Gasteiger partial charge in [0.25, 0.3) is 0 Å². The lowest BCUT2D eigenvalue weighted by Gasteiger charge is -2.34. The zero-order chi connectivity index (χ0) is 23.4. The number of aromatic amines is 2. The normalized spacial score (nSPS) is 14.9. The minimum absolute atomic E-state index is 0.768. The lowest BCUT2D eigenvalue weighted by Crippen LogP contribution is -2.44. The first-order valence-electron chi connectivity index (χ1n) is 12.0. The van der Waals surface area contributed by atoms with Crippen LogP contribution in [0.4, 0.5) is 5.69 Å². The van der Waals surface area contributed by atoms with Crippen LogP contribution in [0.2, 0.25) is 0 Å². The molecule has 0 amide bonds. The Kier molecular flexibility index (Phi) is 4.57. The summed E-state index contributed by atoms with van der Waals surface area (Å²) in [5, 5.41) is 2.27. The van der Waals surface area contributed by atoms with Crippen LogP contribution >= 0.6 is 0 Å². The van der Waals surface area contributed by atoms with Gasteiger partial charge < -0.3 is 19.8 Å². The second-order valence-electron chi connectivity index (χ2n) is 9.31. The molecule has 0 atom stereocenters. The number of fused-ring (bicyclic) bond motifs is 3. The van der Waals surface area contributed by atoms with Gasteiger partial charge in [-0.3, -0.25) is 4.98 Å². The summed E-state index contributed by atoms with van der Waals surface area (Å²) in [6, 6.07) is 23.0. The summed E-state index contributed by atoms with van der Waals surface area (Å²) in [5.74, 6) is 1.63. The Labute approximate surface area is 202 Å². The van der Waals surface area contributed by atoms with Gasteiger partial charge in [-0.25, -0.2) is 9.97 Å². The van der Waals surface area contributed by atoms with E-state index in [9.17, 15) is 0 Å². The van der Waals surface area contributed by atoms with Gasteiger partial charge >= 0.3 is 0 Å². The molecule has 0 spiro atoms. The maximum absolute atomic E-state index is 4.86. The molecule has 172 valence electrons. The van der Waals surface area contributed by atoms with Crippen molar-refractivity contribution < 1.29 is 0 Å². The van der Waals surface area contributed by atoms with Crippen molar-refractivity contribution in [3.05, 3.63) is 72.9 Å². The predicted octanol–water partition coefficient (Wildman–Crippen LogP) is 5.07. The third kappa shape index (κ3) is 3.61. The van der Waals surface area contributed by atoms with Gasteiger partial charge in [-0.2, -0.15) is 0 Å². The molecule has 3 aromatic carbocycles. The second kappa shape index (κ2) is 7.92. The highest BCUT2D eigenvalue weighted by atomic mass is 15.2. The van der Waals surface area contributed by atoms with Crippen molar-refractivity contribution in [3.8, 4) is 22.9 Å². The molecule has 35 heavy (non-hydrogen) atoms. The van der Waals surface area contributed by atoms with Crippen LogP contribution in [0, 0.1) is 0 Å². The molecule has 0 saturated carbocycles. The highest BCUT2D eigenvalue weighted by Crippen LogP contribution is 2.28. The van der Waals surface area contributed by atoms with E-state index in [0.717, 1.165) is 81.9 Å². The summed E-state index contributed by atoms with van der Waals surface area (Å²) in [6.07, 6.45) is 1.90. The van der Waals surface area contributed by atoms with Gasteiger partial charge in [-0.05, 0) is 54.9 Å². The number of nitrogens with zero attached hydrogens (tertiary/aromatic N) is 5. The number of benzene rings is 3. The van der Waals surface area contributed by atoms with Crippen molar-refractivity contribution in [2.45, 2.75) is 0 Å². The average Bonchev–Trinajstić information content (AvgIpc) is 3.52. The Bertz CT molecular complexity index is 1690. The van der Waals surface area contributed by atoms with Gasteiger partial charge in [0.15, 0.2) is 5.82 Å². The molecule has 1 aliphatic rings. The highest BCUT2D eigenvalue weighted by molar-refractivity contribution is 5.88. The first kappa shape index (κ1) is 20.2. The van der Waals surface area contributed by atoms with Crippen molar-refractivity contribution >= 4 is 38.5 Å². The Hall–Kier alpha value is -4.23. The van der Waals surface area contributed by atoms with Crippen molar-refractivity contribution in [1.82, 2.24) is 29.8 Å². The minimum Gasteiger partial charge on any atom is -0.369 e. The standard InChI is InChI=1S/C28H25N7/c1-34-10-12-35(13-11-34)21-7-9-23-25(16-21)32-27(30-23)19-6-8-22-24(15-19)33-28(31-22)26-14-18-4-2-3-5-20(18)17-29-26/h2-9,14-17H,10-13H2,1H3,(H,30,32)(H,31,33). The van der Waals surface area contributed by atoms with Gasteiger partial charge in [0.1, 0.15) is 11.5 Å². The maximum atomic E-state index is 4.86. The number of hydrogen-bond acceptors (Lipinski definition) is 5. The van der Waals surface area contributed by atoms with Crippen LogP contribution < -0.4 is 4.90 Å². The molecule has 0 radical (unpaired) electrons. The van der Waals surface area contributed by atoms with E-state index in [-0.39, 0.29) is 0 Å². The molecule has 0 bridgehead atoms. The van der Waals surface area contributed by atoms with Gasteiger partial charge in [-0.1, -0.05) is 24.3 Å². The molecule has 1 fully saturated rings. The molecule has 7 nitrogen and oxygen atoms in total. The summed E-state index contributed by atoms with van der Waals surface area (Å²) >= 11 is 0. The van der Waals surface area contributed by atoms with E-state index < -0.39 is 0 Å². The van der Waals surface area contributed by atoms with Gasteiger partial charge in [0, 0.05) is 49.0 Å². The fourth-order valence-electron chi connectivity index (χ4n) is 4.89. The number of H-pyrrole nitrogens is 2. The molecular weight excluding hydrogens is 434 g/mol. The first-order valence-corrected chi connectivity index (χ1v) is 12.0. The SMILES string of the molecule is CN1CCN(c2ccc3nc(-c4ccc5nc(-c6cc7ccccc7cn6)[nH]c5c4)[nH]c3c2)CC1. The molecule has 0 aliphatic carbocycles. The molecule has 7 rings (SSSR count). The minimum atomic E-state index is 0.768. The smallest absolute Gasteiger partial charge is 0.157 e. The fraction of sp³-hybridized carbons (Fsp3) is 0.179. The van der Waals surface area contributed by atoms with E-state index in [4.69, 9.17) is 9.97 Å². The zero-order valence-electron chi connectivity index (χ0n) is 19.5. The molecular formula is C28H25N7. The van der Waals surface area contributed by atoms with Crippen LogP contribution in [0.25, 0.3) is 55.7 Å². The maximum Gasteiger partial charge on any atom is 0.157 e. The lowest BCUT2D eigenvalue weighted by atomic mass is 10.1. The first-order chi connectivity index (χ1) is 17.2. The number of imidazole rings is 2. The predicted molar refractivity (Wildman–Crippen MR) is 142 cm³/mol. The summed E-state index contributed by atoms with van der Waals surface area (Å²) in [5.41, 5.74) is 7.01. The van der Waals surface area contributed by atoms with Crippen LogP contribution in [0.5, 0.6) is 0 Å². The van der Waals surface area contributed by atoms with Crippen LogP contribution in [-0.2, 0) is 0 Å². The van der Waals surface area contributed by atoms with Crippen LogP contribution in [0.3, 0.4) is 0 Å². The number of aromatic nitrogens is 5. The monoisotopic (exact) mass is 459 g/mol. The molecule has 1 saturated heterocycles. The van der Waals surface area contributed by atoms with Gasteiger partial charge in [0.2, 0.25) is 0 Å². The third-order valence-electron chi connectivity index (χ3n) is 6.96. The second-order valence-corrected chi connectivity index (χ2v) is 9.31. The van der Waals surface area contributed by atoms with E-state index in [1.165, 1.54) is 5.69 Å². The summed E-state index contributed by atoms with van der Waals surface area (Å²) in [6.45, 7) is 4.28. The van der Waals surface area contributed by atoms with E-state index in [1.807, 2.05) is 24.4 Å². The summed E-state index contributed by atoms with van der Waals surface area (Å²) < 4.78 is 0. The van der Waals surface area contributed by atoms with E-state index in [2.05, 4.69) is 80.3 Å². The number of rotatable bonds is 3. The molecule has 4 heterocycles. The van der Waals surface area contributed by atoms with E-state index in [0.29, 0.717) is 0 Å². The lowest BCUT2D eigenvalue weighted by molar-refractivity contribution is 0.313. The zero-order valence-corrected chi connectivity index (χ0v) is 19.5. The molecule has 2 N–H and O–H groups in total. The largest absolute Gasteiger partial charge is 0.369 e. The Morgan fingerprint density at radius 3 is 2.29 bits per heavy atom. The molecule has 7 heteroatoms. The highest BCUT2D eigenvalue weighted by Gasteiger charge is 2.16. The topological polar surface area (TPSA) is 76.7 Å². The number of nitrogens with one attached hydrogen (secondary N) is 2. The quantitative estimate of drug-likeness (QED) is 0.386. The van der Waals surface area contributed by atoms with Gasteiger partial charge in [-0.15, -0.1) is 0 Å². The van der Waals surface area contributed by atoms with E-state index >= 15 is 0 Å². The number of hydrogen-bond donors (Lipinski definition) is 2. The fourth-order valence-corrected chi connectivity index (χ4v) is 4.89. The molecule has 0 unspecified atom stereocenters. The van der Waals surface area contributed by atoms with Crippen molar-refractivity contribution in [2.75, 3.05) is 38.1 Å². The Morgan fingerprint density at radius 2 is 1.43 bits per heavy atom. The number of likely N-dealkylation sites (N-methyl/N-ethyl adjacent to an activating group) is 1. The van der Waals surface area contributed by atoms with Crippen LogP contribution in [0.1, 0.15) is 0 Å². The van der Waals surface area contributed by atoms with E-state index in [1.54, 1.807) is 0 Å². The molecule has 1 aliphatic heterocycles. The summed E-state index contributed by atoms with van der Waals surface area (Å²) in [7, 11) is 2.18. The van der Waals surface area contributed by atoms with Crippen molar-refractivity contribution in [1.29, 1.82) is 0 Å². The third-order valence-corrected chi connectivity index (χ3v) is 6.96. The van der Waals surface area contributed by atoms with Gasteiger partial charge in [0.05, 0.1) is 22.1 Å². The van der Waals surface area contributed by atoms with Crippen LogP contribution in [-0.4, -0.2) is 63.0 Å². The Morgan fingerprint density at radius 1 is 0.714 bits per heavy atom. The van der Waals surface area contributed by atoms with Crippen molar-refractivity contribution in [2.24, 2.45) is 0 Å². The number of anilines is 1. The Balaban J connectivity index is 1.22. The number of piperazine rings is 1. The number of pyridine rings is 1. The summed E-state index contributed by atoms with van der Waals surface area (Å²) in [4.78, 5) is 26.0.